The SMILES string of the molecule is NC(=O)c1ccccc1NC(=O)c1cc(N)cn1C1CC1. The van der Waals surface area contributed by atoms with Gasteiger partial charge in [0.05, 0.1) is 16.9 Å². The minimum atomic E-state index is -0.581. The van der Waals surface area contributed by atoms with Crippen LogP contribution >= 0.6 is 0 Å². The standard InChI is InChI=1S/C15H16N4O2/c16-9-7-13(19(8-9)10-5-6-10)15(21)18-12-4-2-1-3-11(12)14(17)20/h1-4,7-8,10H,5-6,16H2,(H2,17,20)(H,18,21). The smallest absolute Gasteiger partial charge is 0.272 e. The number of hydrogen-bond donors (Lipinski definition) is 3. The number of carbonyl (C=O) groups excluding carboxylic acids is 2. The Morgan fingerprint density at radius 1 is 1.24 bits per heavy atom. The Balaban J connectivity index is 1.89. The van der Waals surface area contributed by atoms with Crippen molar-refractivity contribution in [3.05, 3.63) is 47.8 Å². The van der Waals surface area contributed by atoms with Crippen LogP contribution in [-0.4, -0.2) is 16.4 Å². The predicted octanol–water partition coefficient (Wildman–Crippen LogP) is 1.76. The van der Waals surface area contributed by atoms with E-state index in [9.17, 15) is 9.59 Å². The monoisotopic (exact) mass is 284 g/mol. The van der Waals surface area contributed by atoms with Gasteiger partial charge in [0, 0.05) is 12.2 Å². The van der Waals surface area contributed by atoms with Crippen LogP contribution in [0.5, 0.6) is 0 Å². The number of anilines is 2. The van der Waals surface area contributed by atoms with Crippen molar-refractivity contribution in [3.8, 4) is 0 Å². The molecule has 1 aromatic carbocycles. The molecule has 1 aliphatic rings. The van der Waals surface area contributed by atoms with Gasteiger partial charge in [0.25, 0.3) is 11.8 Å². The van der Waals surface area contributed by atoms with Gasteiger partial charge in [0.2, 0.25) is 0 Å². The Kier molecular flexibility index (Phi) is 3.13. The number of primary amides is 1. The van der Waals surface area contributed by atoms with Gasteiger partial charge in [-0.15, -0.1) is 0 Å². The van der Waals surface area contributed by atoms with Gasteiger partial charge in [0.15, 0.2) is 0 Å². The maximum absolute atomic E-state index is 12.4. The maximum Gasteiger partial charge on any atom is 0.272 e. The molecule has 6 nitrogen and oxygen atoms in total. The molecule has 6 heteroatoms. The van der Waals surface area contributed by atoms with Crippen molar-refractivity contribution in [1.82, 2.24) is 4.57 Å². The van der Waals surface area contributed by atoms with Crippen molar-refractivity contribution in [2.45, 2.75) is 18.9 Å². The third kappa shape index (κ3) is 2.60. The van der Waals surface area contributed by atoms with Crippen molar-refractivity contribution in [2.24, 2.45) is 5.73 Å². The van der Waals surface area contributed by atoms with Gasteiger partial charge >= 0.3 is 0 Å². The van der Waals surface area contributed by atoms with E-state index in [4.69, 9.17) is 11.5 Å². The average Bonchev–Trinajstić information content (AvgIpc) is 3.21. The van der Waals surface area contributed by atoms with E-state index >= 15 is 0 Å². The second-order valence-corrected chi connectivity index (χ2v) is 5.16. The van der Waals surface area contributed by atoms with E-state index < -0.39 is 5.91 Å². The molecule has 108 valence electrons. The number of para-hydroxylation sites is 1. The summed E-state index contributed by atoms with van der Waals surface area (Å²) in [4.78, 5) is 23.8. The lowest BCUT2D eigenvalue weighted by atomic mass is 10.1. The number of hydrogen-bond acceptors (Lipinski definition) is 3. The number of nitrogen functional groups attached to an aromatic ring is 1. The molecule has 21 heavy (non-hydrogen) atoms. The molecule has 0 radical (unpaired) electrons. The van der Waals surface area contributed by atoms with Crippen LogP contribution in [0.25, 0.3) is 0 Å². The molecule has 0 unspecified atom stereocenters. The number of amides is 2. The van der Waals surface area contributed by atoms with E-state index in [-0.39, 0.29) is 11.5 Å². The predicted molar refractivity (Wildman–Crippen MR) is 80.0 cm³/mol. The highest BCUT2D eigenvalue weighted by Gasteiger charge is 2.28. The molecule has 1 aromatic heterocycles. The molecule has 1 heterocycles. The first kappa shape index (κ1) is 13.2. The van der Waals surface area contributed by atoms with E-state index in [1.54, 1.807) is 36.5 Å². The van der Waals surface area contributed by atoms with Crippen LogP contribution in [0.2, 0.25) is 0 Å². The normalized spacial score (nSPS) is 13.9. The van der Waals surface area contributed by atoms with Gasteiger partial charge in [-0.2, -0.15) is 0 Å². The first-order valence-corrected chi connectivity index (χ1v) is 6.74. The van der Waals surface area contributed by atoms with Crippen LogP contribution in [0.4, 0.5) is 11.4 Å². The van der Waals surface area contributed by atoms with Gasteiger partial charge in [0.1, 0.15) is 5.69 Å². The zero-order valence-corrected chi connectivity index (χ0v) is 11.4. The molecule has 1 fully saturated rings. The minimum Gasteiger partial charge on any atom is -0.397 e. The third-order valence-electron chi connectivity index (χ3n) is 3.48. The number of nitrogens with one attached hydrogen (secondary N) is 1. The number of nitrogens with two attached hydrogens (primary N) is 2. The molecule has 3 rings (SSSR count). The lowest BCUT2D eigenvalue weighted by Crippen LogP contribution is -2.20. The lowest BCUT2D eigenvalue weighted by molar-refractivity contribution is 0.100. The van der Waals surface area contributed by atoms with Crippen molar-refractivity contribution >= 4 is 23.2 Å². The molecule has 5 N–H and O–H groups in total. The summed E-state index contributed by atoms with van der Waals surface area (Å²) in [5.74, 6) is -0.879. The lowest BCUT2D eigenvalue weighted by Gasteiger charge is -2.10. The van der Waals surface area contributed by atoms with E-state index in [1.807, 2.05) is 4.57 Å². The number of carbonyl (C=O) groups is 2. The van der Waals surface area contributed by atoms with Crippen molar-refractivity contribution in [1.29, 1.82) is 0 Å². The Morgan fingerprint density at radius 3 is 2.62 bits per heavy atom. The van der Waals surface area contributed by atoms with Crippen molar-refractivity contribution in [3.63, 3.8) is 0 Å². The average molecular weight is 284 g/mol. The molecule has 1 aliphatic carbocycles. The summed E-state index contributed by atoms with van der Waals surface area (Å²) in [5, 5.41) is 2.73. The summed E-state index contributed by atoms with van der Waals surface area (Å²) in [6.07, 6.45) is 3.87. The van der Waals surface area contributed by atoms with E-state index in [0.29, 0.717) is 23.1 Å². The van der Waals surface area contributed by atoms with Crippen LogP contribution in [0.1, 0.15) is 39.7 Å². The highest BCUT2D eigenvalue weighted by atomic mass is 16.2. The zero-order chi connectivity index (χ0) is 15.0. The van der Waals surface area contributed by atoms with Crippen LogP contribution in [0.3, 0.4) is 0 Å². The Morgan fingerprint density at radius 2 is 1.95 bits per heavy atom. The first-order valence-electron chi connectivity index (χ1n) is 6.74. The molecular formula is C15H16N4O2. The zero-order valence-electron chi connectivity index (χ0n) is 11.4. The molecule has 2 aromatic rings. The van der Waals surface area contributed by atoms with Crippen LogP contribution < -0.4 is 16.8 Å². The van der Waals surface area contributed by atoms with Gasteiger partial charge in [-0.1, -0.05) is 12.1 Å². The highest BCUT2D eigenvalue weighted by Crippen LogP contribution is 2.37. The summed E-state index contributed by atoms with van der Waals surface area (Å²) in [6.45, 7) is 0. The molecule has 2 amide bonds. The van der Waals surface area contributed by atoms with Gasteiger partial charge in [-0.25, -0.2) is 0 Å². The number of nitrogens with zero attached hydrogens (tertiary/aromatic N) is 1. The third-order valence-corrected chi connectivity index (χ3v) is 3.48. The van der Waals surface area contributed by atoms with Gasteiger partial charge in [-0.3, -0.25) is 9.59 Å². The molecular weight excluding hydrogens is 268 g/mol. The van der Waals surface area contributed by atoms with Gasteiger partial charge in [-0.05, 0) is 31.0 Å². The number of benzene rings is 1. The molecule has 0 spiro atoms. The quantitative estimate of drug-likeness (QED) is 0.796. The summed E-state index contributed by atoms with van der Waals surface area (Å²) in [6, 6.07) is 8.63. The van der Waals surface area contributed by atoms with Crippen LogP contribution in [-0.2, 0) is 0 Å². The molecule has 0 aliphatic heterocycles. The molecule has 0 saturated heterocycles. The summed E-state index contributed by atoms with van der Waals surface area (Å²) < 4.78 is 1.89. The molecule has 0 bridgehead atoms. The highest BCUT2D eigenvalue weighted by molar-refractivity contribution is 6.08. The second-order valence-electron chi connectivity index (χ2n) is 5.16. The fraction of sp³-hybridized carbons (Fsp3) is 0.200. The van der Waals surface area contributed by atoms with Crippen molar-refractivity contribution < 1.29 is 9.59 Å². The van der Waals surface area contributed by atoms with E-state index in [0.717, 1.165) is 12.8 Å². The van der Waals surface area contributed by atoms with Crippen LogP contribution in [0, 0.1) is 0 Å². The summed E-state index contributed by atoms with van der Waals surface area (Å²) in [5.41, 5.74) is 12.8. The van der Waals surface area contributed by atoms with Crippen molar-refractivity contribution in [2.75, 3.05) is 11.1 Å². The fourth-order valence-corrected chi connectivity index (χ4v) is 2.33. The molecule has 0 atom stereocenters. The van der Waals surface area contributed by atoms with E-state index in [2.05, 4.69) is 5.32 Å². The fourth-order valence-electron chi connectivity index (χ4n) is 2.33. The topological polar surface area (TPSA) is 103 Å². The van der Waals surface area contributed by atoms with Crippen LogP contribution in [0.15, 0.2) is 36.5 Å². The Bertz CT molecular complexity index is 716. The molecule has 1 saturated carbocycles. The minimum absolute atomic E-state index is 0.281. The maximum atomic E-state index is 12.4. The largest absolute Gasteiger partial charge is 0.397 e. The Labute approximate surface area is 121 Å². The number of aromatic nitrogens is 1. The van der Waals surface area contributed by atoms with E-state index in [1.165, 1.54) is 0 Å². The Hall–Kier alpha value is -2.76. The first-order chi connectivity index (χ1) is 10.1. The second kappa shape index (κ2) is 4.97. The van der Waals surface area contributed by atoms with Gasteiger partial charge < -0.3 is 21.4 Å². The summed E-state index contributed by atoms with van der Waals surface area (Å²) >= 11 is 0. The summed E-state index contributed by atoms with van der Waals surface area (Å²) in [7, 11) is 0. The number of rotatable bonds is 4.